The fourth-order valence-electron chi connectivity index (χ4n) is 4.31. The van der Waals surface area contributed by atoms with Gasteiger partial charge in [-0.1, -0.05) is 23.7 Å². The molecule has 0 saturated carbocycles. The zero-order valence-corrected chi connectivity index (χ0v) is 23.4. The van der Waals surface area contributed by atoms with Crippen LogP contribution in [0.15, 0.2) is 47.4 Å². The predicted molar refractivity (Wildman–Crippen MR) is 142 cm³/mol. The second-order valence-electron chi connectivity index (χ2n) is 10.5. The number of carbonyl (C=O) groups is 1. The van der Waals surface area contributed by atoms with Crippen LogP contribution in [-0.4, -0.2) is 50.8 Å². The molecule has 3 rings (SSSR count). The first kappa shape index (κ1) is 28.8. The van der Waals surface area contributed by atoms with Gasteiger partial charge in [0.15, 0.2) is 0 Å². The van der Waals surface area contributed by atoms with Crippen LogP contribution in [-0.2, 0) is 14.8 Å². The Morgan fingerprint density at radius 1 is 1.22 bits per heavy atom. The van der Waals surface area contributed by atoms with Crippen LogP contribution in [0.3, 0.4) is 0 Å². The molecule has 2 aromatic rings. The van der Waals surface area contributed by atoms with Gasteiger partial charge < -0.3 is 14.4 Å². The zero-order valence-electron chi connectivity index (χ0n) is 21.8. The molecule has 1 N–H and O–H groups in total. The van der Waals surface area contributed by atoms with Crippen molar-refractivity contribution >= 4 is 27.7 Å². The van der Waals surface area contributed by atoms with E-state index in [2.05, 4.69) is 4.72 Å². The van der Waals surface area contributed by atoms with Crippen LogP contribution in [0.2, 0.25) is 5.02 Å². The summed E-state index contributed by atoms with van der Waals surface area (Å²) in [4.78, 5) is 14.5. The van der Waals surface area contributed by atoms with Crippen molar-refractivity contribution in [1.29, 1.82) is 5.26 Å². The molecule has 10 heteroatoms. The maximum atomic E-state index is 12.8. The summed E-state index contributed by atoms with van der Waals surface area (Å²) in [5, 5.41) is 10.3. The van der Waals surface area contributed by atoms with E-state index in [0.717, 1.165) is 5.56 Å². The third-order valence-electron chi connectivity index (χ3n) is 5.91. The monoisotopic (exact) mass is 547 g/mol. The lowest BCUT2D eigenvalue weighted by molar-refractivity contribution is 0.0111. The van der Waals surface area contributed by atoms with E-state index in [4.69, 9.17) is 21.1 Å². The van der Waals surface area contributed by atoms with E-state index in [0.29, 0.717) is 24.5 Å². The quantitative estimate of drug-likeness (QED) is 0.502. The van der Waals surface area contributed by atoms with Gasteiger partial charge in [-0.05, 0) is 82.9 Å². The summed E-state index contributed by atoms with van der Waals surface area (Å²) in [6.45, 7) is 10.1. The predicted octanol–water partition coefficient (Wildman–Crippen LogP) is 5.32. The Hall–Kier alpha value is -2.80. The largest absolute Gasteiger partial charge is 0.492 e. The number of rotatable bonds is 7. The van der Waals surface area contributed by atoms with Gasteiger partial charge in [-0.25, -0.2) is 17.9 Å². The molecule has 200 valence electrons. The second kappa shape index (κ2) is 11.7. The average molecular weight is 548 g/mol. The lowest BCUT2D eigenvalue weighted by atomic mass is 9.81. The maximum absolute atomic E-state index is 12.8. The van der Waals surface area contributed by atoms with E-state index in [1.165, 1.54) is 18.2 Å². The number of ether oxygens (including phenoxy) is 2. The number of halogens is 1. The minimum atomic E-state index is -3.75. The van der Waals surface area contributed by atoms with Crippen molar-refractivity contribution in [3.8, 4) is 11.8 Å². The van der Waals surface area contributed by atoms with Crippen molar-refractivity contribution in [1.82, 2.24) is 9.62 Å². The fraction of sp³-hybridized carbons (Fsp3) is 0.481. The molecule has 0 radical (unpaired) electrons. The number of nitriles is 1. The first-order chi connectivity index (χ1) is 17.3. The van der Waals surface area contributed by atoms with Crippen molar-refractivity contribution in [3.05, 3.63) is 58.6 Å². The summed E-state index contributed by atoms with van der Waals surface area (Å²) < 4.78 is 39.2. The van der Waals surface area contributed by atoms with Crippen LogP contribution >= 0.6 is 11.6 Å². The van der Waals surface area contributed by atoms with Gasteiger partial charge in [0.05, 0.1) is 17.1 Å². The number of sulfonamides is 1. The Balaban J connectivity index is 1.83. The van der Waals surface area contributed by atoms with E-state index >= 15 is 0 Å². The number of amides is 1. The summed E-state index contributed by atoms with van der Waals surface area (Å²) in [5.41, 5.74) is 0.600. The molecule has 1 saturated heterocycles. The van der Waals surface area contributed by atoms with Crippen molar-refractivity contribution in [2.75, 3.05) is 19.7 Å². The van der Waals surface area contributed by atoms with Gasteiger partial charge in [0.1, 0.15) is 17.4 Å². The molecule has 37 heavy (non-hydrogen) atoms. The molecule has 1 aliphatic rings. The van der Waals surface area contributed by atoms with Crippen molar-refractivity contribution in [2.24, 2.45) is 5.92 Å². The third-order valence-corrected chi connectivity index (χ3v) is 7.82. The summed E-state index contributed by atoms with van der Waals surface area (Å²) in [5.74, 6) is 0.284. The minimum Gasteiger partial charge on any atom is -0.492 e. The molecule has 0 aliphatic carbocycles. The third kappa shape index (κ3) is 7.84. The first-order valence-electron chi connectivity index (χ1n) is 12.2. The van der Waals surface area contributed by atoms with Gasteiger partial charge in [0.25, 0.3) is 0 Å². The van der Waals surface area contributed by atoms with E-state index < -0.39 is 15.6 Å². The molecule has 2 atom stereocenters. The molecular formula is C27H34ClN3O5S. The van der Waals surface area contributed by atoms with Crippen LogP contribution in [0, 0.1) is 17.2 Å². The molecule has 0 bridgehead atoms. The molecule has 0 aromatic heterocycles. The summed E-state index contributed by atoms with van der Waals surface area (Å²) >= 11 is 6.09. The Bertz CT molecular complexity index is 1250. The molecule has 1 unspecified atom stereocenters. The number of nitrogens with zero attached hydrogens (tertiary/aromatic N) is 2. The molecule has 0 spiro atoms. The van der Waals surface area contributed by atoms with Crippen molar-refractivity contribution < 1.29 is 22.7 Å². The van der Waals surface area contributed by atoms with E-state index in [1.807, 2.05) is 51.1 Å². The smallest absolute Gasteiger partial charge is 0.410 e. The molecule has 1 amide bonds. The highest BCUT2D eigenvalue weighted by Crippen LogP contribution is 2.35. The van der Waals surface area contributed by atoms with Crippen LogP contribution in [0.4, 0.5) is 4.79 Å². The second-order valence-corrected chi connectivity index (χ2v) is 12.6. The normalized spacial score (nSPS) is 18.4. The van der Waals surface area contributed by atoms with Crippen molar-refractivity contribution in [3.63, 3.8) is 0 Å². The number of likely N-dealkylation sites (tertiary alicyclic amines) is 1. The lowest BCUT2D eigenvalue weighted by Crippen LogP contribution is -2.46. The van der Waals surface area contributed by atoms with E-state index in [1.54, 1.807) is 18.7 Å². The Kier molecular flexibility index (Phi) is 9.11. The fourth-order valence-corrected chi connectivity index (χ4v) is 5.71. The zero-order chi connectivity index (χ0) is 27.4. The number of nitrogens with one attached hydrogen (secondary N) is 1. The Morgan fingerprint density at radius 2 is 1.89 bits per heavy atom. The van der Waals surface area contributed by atoms with Gasteiger partial charge >= 0.3 is 6.09 Å². The summed E-state index contributed by atoms with van der Waals surface area (Å²) in [6, 6.07) is 13.6. The minimum absolute atomic E-state index is 0.00194. The van der Waals surface area contributed by atoms with Crippen LogP contribution in [0.5, 0.6) is 5.75 Å². The molecule has 1 fully saturated rings. The SMILES string of the molecule is CC(C)NS(=O)(=O)c1ccc(OC[C@@H]2CN(C(=O)OC(C)(C)C)CCC2c2ccc(Cl)cc2)c(C#N)c1. The van der Waals surface area contributed by atoms with Gasteiger partial charge in [-0.15, -0.1) is 0 Å². The number of carbonyl (C=O) groups excluding carboxylic acids is 1. The highest BCUT2D eigenvalue weighted by Gasteiger charge is 2.35. The topological polar surface area (TPSA) is 109 Å². The number of benzene rings is 2. The van der Waals surface area contributed by atoms with Gasteiger partial charge in [0.2, 0.25) is 10.0 Å². The maximum Gasteiger partial charge on any atom is 0.410 e. The average Bonchev–Trinajstić information content (AvgIpc) is 2.81. The highest BCUT2D eigenvalue weighted by molar-refractivity contribution is 7.89. The van der Waals surface area contributed by atoms with E-state index in [-0.39, 0.29) is 46.8 Å². The Morgan fingerprint density at radius 3 is 2.49 bits per heavy atom. The van der Waals surface area contributed by atoms with Crippen molar-refractivity contribution in [2.45, 2.75) is 63.5 Å². The molecule has 1 aliphatic heterocycles. The number of hydrogen-bond donors (Lipinski definition) is 1. The highest BCUT2D eigenvalue weighted by atomic mass is 35.5. The number of hydrogen-bond acceptors (Lipinski definition) is 6. The van der Waals surface area contributed by atoms with Gasteiger partial charge in [-0.3, -0.25) is 0 Å². The van der Waals surface area contributed by atoms with Gasteiger partial charge in [0, 0.05) is 30.1 Å². The summed E-state index contributed by atoms with van der Waals surface area (Å²) in [6.07, 6.45) is 0.329. The van der Waals surface area contributed by atoms with Crippen LogP contribution in [0.1, 0.15) is 58.1 Å². The molecule has 2 aromatic carbocycles. The standard InChI is InChI=1S/C27H34ClN3O5S/c1-18(2)30-37(33,34)23-10-11-25(20(14-23)15-29)35-17-21-16-31(26(32)36-27(3,4)5)13-12-24(21)19-6-8-22(28)9-7-19/h6-11,14,18,21,24,30H,12-13,16-17H2,1-5H3/t21-,24?/m0/s1. The molecule has 1 heterocycles. The molecular weight excluding hydrogens is 514 g/mol. The van der Waals surface area contributed by atoms with Crippen LogP contribution < -0.4 is 9.46 Å². The molecule has 8 nitrogen and oxygen atoms in total. The Labute approximate surface area is 224 Å². The number of piperidine rings is 1. The first-order valence-corrected chi connectivity index (χ1v) is 14.1. The van der Waals surface area contributed by atoms with Crippen LogP contribution in [0.25, 0.3) is 0 Å². The summed E-state index contributed by atoms with van der Waals surface area (Å²) in [7, 11) is -3.75. The van der Waals surface area contributed by atoms with E-state index in [9.17, 15) is 18.5 Å². The van der Waals surface area contributed by atoms with Gasteiger partial charge in [-0.2, -0.15) is 5.26 Å². The lowest BCUT2D eigenvalue weighted by Gasteiger charge is -2.39.